The molecule has 0 unspecified atom stereocenters. The molecule has 1 heterocycles. The van der Waals surface area contributed by atoms with E-state index >= 15 is 0 Å². The van der Waals surface area contributed by atoms with Gasteiger partial charge in [0.15, 0.2) is 0 Å². The highest BCUT2D eigenvalue weighted by Gasteiger charge is 2.13. The molecule has 1 aromatic rings. The second-order valence-electron chi connectivity index (χ2n) is 4.00. The normalized spacial score (nSPS) is 10.8. The number of hydrogen-bond acceptors (Lipinski definition) is 4. The van der Waals surface area contributed by atoms with Crippen LogP contribution in [0.25, 0.3) is 0 Å². The van der Waals surface area contributed by atoms with E-state index in [0.29, 0.717) is 25.9 Å². The Labute approximate surface area is 109 Å². The third-order valence-corrected chi connectivity index (χ3v) is 3.05. The molecule has 0 saturated heterocycles. The Hall–Kier alpha value is -1.24. The predicted molar refractivity (Wildman–Crippen MR) is 73.3 cm³/mol. The maximum Gasteiger partial charge on any atom is 0.337 e. The van der Waals surface area contributed by atoms with Gasteiger partial charge in [-0.15, -0.1) is 11.8 Å². The van der Waals surface area contributed by atoms with Crippen LogP contribution in [-0.4, -0.2) is 20.0 Å². The number of nitrogens with zero attached hydrogens (tertiary/aromatic N) is 3. The molecule has 0 radical (unpaired) electrons. The first-order chi connectivity index (χ1) is 8.58. The highest BCUT2D eigenvalue weighted by molar-refractivity contribution is 7.97. The fourth-order valence-electron chi connectivity index (χ4n) is 1.75. The van der Waals surface area contributed by atoms with Crippen molar-refractivity contribution < 1.29 is 0 Å². The number of hydrogen-bond donors (Lipinski definition) is 0. The number of rotatable bonds is 6. The molecule has 0 spiro atoms. The average molecular weight is 273 g/mol. The van der Waals surface area contributed by atoms with Crippen molar-refractivity contribution in [1.29, 1.82) is 0 Å². The van der Waals surface area contributed by atoms with Crippen LogP contribution in [0.15, 0.2) is 14.4 Å². The highest BCUT2D eigenvalue weighted by atomic mass is 32.2. The summed E-state index contributed by atoms with van der Waals surface area (Å²) in [5.74, 6) is 0.269. The van der Waals surface area contributed by atoms with E-state index in [1.807, 2.05) is 20.1 Å². The van der Waals surface area contributed by atoms with E-state index in [1.165, 1.54) is 11.8 Å². The molecule has 0 aliphatic heterocycles. The van der Waals surface area contributed by atoms with Gasteiger partial charge in [-0.05, 0) is 19.1 Å². The Morgan fingerprint density at radius 2 is 1.22 bits per heavy atom. The SMILES string of the molecule is CCCn1c(=O)n(CCC)c(=O)n(CSC)c1=O. The Morgan fingerprint density at radius 1 is 0.833 bits per heavy atom. The maximum absolute atomic E-state index is 12.1. The molecular formula is C11H19N3O3S. The summed E-state index contributed by atoms with van der Waals surface area (Å²) < 4.78 is 3.41. The Balaban J connectivity index is 3.59. The van der Waals surface area contributed by atoms with Gasteiger partial charge in [-0.3, -0.25) is 0 Å². The summed E-state index contributed by atoms with van der Waals surface area (Å²) in [6, 6.07) is 0. The lowest BCUT2D eigenvalue weighted by atomic mass is 10.4. The van der Waals surface area contributed by atoms with E-state index in [-0.39, 0.29) is 5.88 Å². The zero-order valence-electron chi connectivity index (χ0n) is 11.0. The smallest absolute Gasteiger partial charge is 0.247 e. The minimum Gasteiger partial charge on any atom is -0.247 e. The first kappa shape index (κ1) is 14.8. The molecule has 0 amide bonds. The first-order valence-corrected chi connectivity index (χ1v) is 7.41. The van der Waals surface area contributed by atoms with E-state index in [0.717, 1.165) is 13.7 Å². The lowest BCUT2D eigenvalue weighted by Crippen LogP contribution is -2.54. The van der Waals surface area contributed by atoms with Crippen molar-refractivity contribution in [2.24, 2.45) is 0 Å². The summed E-state index contributed by atoms with van der Waals surface area (Å²) in [7, 11) is 0. The van der Waals surface area contributed by atoms with Gasteiger partial charge in [-0.2, -0.15) is 0 Å². The summed E-state index contributed by atoms with van der Waals surface area (Å²) in [5, 5.41) is 0. The summed E-state index contributed by atoms with van der Waals surface area (Å²) in [5.41, 5.74) is -1.51. The Kier molecular flexibility index (Phi) is 5.46. The quantitative estimate of drug-likeness (QED) is 0.748. The summed E-state index contributed by atoms with van der Waals surface area (Å²) >= 11 is 1.38. The van der Waals surface area contributed by atoms with Crippen LogP contribution >= 0.6 is 11.8 Å². The third kappa shape index (κ3) is 2.77. The predicted octanol–water partition coefficient (Wildman–Crippen LogP) is 0.312. The summed E-state index contributed by atoms with van der Waals surface area (Å²) in [6.07, 6.45) is 3.17. The molecule has 0 aromatic carbocycles. The molecule has 0 atom stereocenters. The van der Waals surface area contributed by atoms with Gasteiger partial charge in [0.2, 0.25) is 0 Å². The lowest BCUT2D eigenvalue weighted by molar-refractivity contribution is 0.462. The monoisotopic (exact) mass is 273 g/mol. The van der Waals surface area contributed by atoms with Gasteiger partial charge in [0, 0.05) is 13.1 Å². The number of thioether (sulfide) groups is 1. The van der Waals surface area contributed by atoms with Gasteiger partial charge in [0.25, 0.3) is 0 Å². The van der Waals surface area contributed by atoms with Gasteiger partial charge < -0.3 is 0 Å². The standard InChI is InChI=1S/C11H19N3O3S/c1-4-6-12-9(15)13(7-5-2)11(17)14(8-18-3)10(12)16/h4-8H2,1-3H3. The Bertz CT molecular complexity index is 459. The molecule has 0 saturated carbocycles. The molecule has 18 heavy (non-hydrogen) atoms. The fraction of sp³-hybridized carbons (Fsp3) is 0.727. The van der Waals surface area contributed by atoms with Crippen LogP contribution in [-0.2, 0) is 19.0 Å². The van der Waals surface area contributed by atoms with Crippen LogP contribution < -0.4 is 17.1 Å². The van der Waals surface area contributed by atoms with Crippen molar-refractivity contribution in [3.8, 4) is 0 Å². The Morgan fingerprint density at radius 3 is 1.56 bits per heavy atom. The van der Waals surface area contributed by atoms with Crippen LogP contribution in [0.2, 0.25) is 0 Å². The van der Waals surface area contributed by atoms with E-state index in [9.17, 15) is 14.4 Å². The molecule has 0 aliphatic rings. The molecule has 1 aromatic heterocycles. The molecule has 1 rings (SSSR count). The van der Waals surface area contributed by atoms with Crippen molar-refractivity contribution in [2.45, 2.75) is 45.7 Å². The van der Waals surface area contributed by atoms with Crippen LogP contribution in [0.3, 0.4) is 0 Å². The second kappa shape index (κ2) is 6.63. The molecular weight excluding hydrogens is 254 g/mol. The molecule has 7 heteroatoms. The highest BCUT2D eigenvalue weighted by Crippen LogP contribution is 1.92. The van der Waals surface area contributed by atoms with Gasteiger partial charge in [-0.1, -0.05) is 13.8 Å². The zero-order valence-corrected chi connectivity index (χ0v) is 11.8. The minimum absolute atomic E-state index is 0.269. The first-order valence-electron chi connectivity index (χ1n) is 6.01. The van der Waals surface area contributed by atoms with E-state index in [1.54, 1.807) is 0 Å². The summed E-state index contributed by atoms with van der Waals surface area (Å²) in [6.45, 7) is 4.46. The zero-order chi connectivity index (χ0) is 13.7. The van der Waals surface area contributed by atoms with Crippen molar-refractivity contribution in [2.75, 3.05) is 6.26 Å². The van der Waals surface area contributed by atoms with Gasteiger partial charge in [0.1, 0.15) is 0 Å². The van der Waals surface area contributed by atoms with Crippen LogP contribution in [0.4, 0.5) is 0 Å². The minimum atomic E-state index is -0.506. The number of aromatic nitrogens is 3. The van der Waals surface area contributed by atoms with Crippen molar-refractivity contribution >= 4 is 11.8 Å². The second-order valence-corrected chi connectivity index (χ2v) is 4.83. The van der Waals surface area contributed by atoms with E-state index in [4.69, 9.17) is 0 Å². The molecule has 102 valence electrons. The van der Waals surface area contributed by atoms with Crippen molar-refractivity contribution in [1.82, 2.24) is 13.7 Å². The molecule has 0 bridgehead atoms. The maximum atomic E-state index is 12.1. The van der Waals surface area contributed by atoms with Gasteiger partial charge >= 0.3 is 17.1 Å². The average Bonchev–Trinajstić information content (AvgIpc) is 2.35. The molecule has 0 aliphatic carbocycles. The topological polar surface area (TPSA) is 66.0 Å². The van der Waals surface area contributed by atoms with Gasteiger partial charge in [-0.25, -0.2) is 28.1 Å². The van der Waals surface area contributed by atoms with Crippen molar-refractivity contribution in [3.63, 3.8) is 0 Å². The molecule has 6 nitrogen and oxygen atoms in total. The van der Waals surface area contributed by atoms with Crippen molar-refractivity contribution in [3.05, 3.63) is 31.5 Å². The van der Waals surface area contributed by atoms with Crippen LogP contribution in [0, 0.1) is 0 Å². The van der Waals surface area contributed by atoms with Crippen LogP contribution in [0.1, 0.15) is 26.7 Å². The fourth-order valence-corrected chi connectivity index (χ4v) is 2.23. The van der Waals surface area contributed by atoms with E-state index in [2.05, 4.69) is 0 Å². The molecule has 0 N–H and O–H groups in total. The molecule has 0 fully saturated rings. The largest absolute Gasteiger partial charge is 0.337 e. The van der Waals surface area contributed by atoms with E-state index < -0.39 is 17.1 Å². The van der Waals surface area contributed by atoms with Crippen LogP contribution in [0.5, 0.6) is 0 Å². The third-order valence-electron chi connectivity index (χ3n) is 2.54. The summed E-state index contributed by atoms with van der Waals surface area (Å²) in [4.78, 5) is 36.1. The van der Waals surface area contributed by atoms with Gasteiger partial charge in [0.05, 0.1) is 5.88 Å². The lowest BCUT2D eigenvalue weighted by Gasteiger charge is -2.12.